The Morgan fingerprint density at radius 1 is 0.889 bits per heavy atom. The molecule has 3 atom stereocenters. The molecule has 0 unspecified atom stereocenters. The van der Waals surface area contributed by atoms with E-state index in [0.717, 1.165) is 39.0 Å². The Bertz CT molecular complexity index is 1690. The first-order valence-electron chi connectivity index (χ1n) is 17.9. The molecule has 2 aromatic carbocycles. The molecule has 0 aliphatic rings. The number of unbranched alkanes of at least 4 members (excludes halogenated alkanes) is 2. The van der Waals surface area contributed by atoms with Crippen molar-refractivity contribution in [2.24, 2.45) is 5.92 Å². The van der Waals surface area contributed by atoms with Crippen LogP contribution < -0.4 is 20.7 Å². The van der Waals surface area contributed by atoms with Gasteiger partial charge in [-0.2, -0.15) is 0 Å². The maximum atomic E-state index is 13.5. The van der Waals surface area contributed by atoms with Crippen LogP contribution in [0.2, 0.25) is 0 Å². The highest BCUT2D eigenvalue weighted by molar-refractivity contribution is 5.99. The summed E-state index contributed by atoms with van der Waals surface area (Å²) < 4.78 is 20.8. The van der Waals surface area contributed by atoms with Crippen LogP contribution in [-0.4, -0.2) is 80.7 Å². The average molecular weight is 751 g/mol. The second-order valence-corrected chi connectivity index (χ2v) is 12.2. The lowest BCUT2D eigenvalue weighted by molar-refractivity contribution is -0.200. The summed E-state index contributed by atoms with van der Waals surface area (Å²) in [5.41, 5.74) is 1.34. The number of esters is 2. The maximum Gasteiger partial charge on any atom is 0.328 e. The standard InChI is InChI=1S/C39H50N4O11/c1-6-9-11-16-30(32(7-2)43(25-44)53-23-26-14-12-10-13-15-26)37(47)40-24-41-38(48)34-18-17-33(54-34)27-19-28(21-29(20-27)52-8-3)36(46)42-31(39(49)51-5)22-35(45)50-4/h10,12-15,17-21,25,30-32H,6-9,11,16,22-24H2,1-5H3,(H,40,47)(H,41,48)(H,42,46)/t30-,31-,32-/m1/s1. The van der Waals surface area contributed by atoms with Crippen LogP contribution in [-0.2, 0) is 40.1 Å². The molecule has 0 saturated carbocycles. The van der Waals surface area contributed by atoms with Crippen molar-refractivity contribution in [1.29, 1.82) is 0 Å². The van der Waals surface area contributed by atoms with E-state index in [1.165, 1.54) is 29.3 Å². The molecule has 3 rings (SSSR count). The first-order valence-corrected chi connectivity index (χ1v) is 17.9. The van der Waals surface area contributed by atoms with Crippen LogP contribution in [0.15, 0.2) is 65.1 Å². The molecule has 3 N–H and O–H groups in total. The van der Waals surface area contributed by atoms with Crippen LogP contribution >= 0.6 is 0 Å². The van der Waals surface area contributed by atoms with Crippen molar-refractivity contribution in [3.05, 3.63) is 77.6 Å². The quantitative estimate of drug-likeness (QED) is 0.0405. The number of hydrogen-bond donors (Lipinski definition) is 3. The second-order valence-electron chi connectivity index (χ2n) is 12.2. The number of hydrogen-bond acceptors (Lipinski definition) is 11. The van der Waals surface area contributed by atoms with Gasteiger partial charge in [0.2, 0.25) is 12.3 Å². The van der Waals surface area contributed by atoms with E-state index < -0.39 is 48.2 Å². The molecule has 0 radical (unpaired) electrons. The fourth-order valence-electron chi connectivity index (χ4n) is 5.68. The number of rotatable bonds is 23. The molecular formula is C39H50N4O11. The lowest BCUT2D eigenvalue weighted by Crippen LogP contribution is -2.48. The number of carbonyl (C=O) groups is 6. The summed E-state index contributed by atoms with van der Waals surface area (Å²) in [5.74, 6) is -3.33. The zero-order valence-corrected chi connectivity index (χ0v) is 31.4. The van der Waals surface area contributed by atoms with E-state index in [9.17, 15) is 28.8 Å². The Morgan fingerprint density at radius 3 is 2.30 bits per heavy atom. The number of methoxy groups -OCH3 is 2. The molecule has 1 heterocycles. The van der Waals surface area contributed by atoms with Crippen molar-refractivity contribution in [2.75, 3.05) is 27.5 Å². The van der Waals surface area contributed by atoms with Gasteiger partial charge in [0.1, 0.15) is 24.2 Å². The van der Waals surface area contributed by atoms with Gasteiger partial charge in [-0.25, -0.2) is 9.86 Å². The highest BCUT2D eigenvalue weighted by Crippen LogP contribution is 2.28. The number of hydroxylamine groups is 2. The summed E-state index contributed by atoms with van der Waals surface area (Å²) in [6.45, 7) is 5.94. The molecule has 4 amide bonds. The summed E-state index contributed by atoms with van der Waals surface area (Å²) in [6, 6.07) is 15.1. The Morgan fingerprint density at radius 2 is 1.65 bits per heavy atom. The lowest BCUT2D eigenvalue weighted by Gasteiger charge is -2.32. The van der Waals surface area contributed by atoms with Crippen molar-refractivity contribution >= 4 is 36.1 Å². The molecule has 15 nitrogen and oxygen atoms in total. The number of amides is 4. The highest BCUT2D eigenvalue weighted by Gasteiger charge is 2.32. The number of benzene rings is 2. The van der Waals surface area contributed by atoms with Gasteiger partial charge < -0.3 is 34.6 Å². The van der Waals surface area contributed by atoms with Gasteiger partial charge in [-0.3, -0.25) is 28.8 Å². The summed E-state index contributed by atoms with van der Waals surface area (Å²) in [4.78, 5) is 81.8. The first-order chi connectivity index (χ1) is 26.1. The van der Waals surface area contributed by atoms with E-state index in [-0.39, 0.29) is 42.9 Å². The van der Waals surface area contributed by atoms with E-state index in [2.05, 4.69) is 27.6 Å². The Labute approximate surface area is 315 Å². The molecule has 0 aliphatic carbocycles. The van der Waals surface area contributed by atoms with E-state index in [1.54, 1.807) is 13.0 Å². The summed E-state index contributed by atoms with van der Waals surface area (Å²) in [6.07, 6.45) is 3.76. The third kappa shape index (κ3) is 12.8. The Balaban J connectivity index is 1.71. The van der Waals surface area contributed by atoms with Crippen LogP contribution in [0.3, 0.4) is 0 Å². The van der Waals surface area contributed by atoms with Crippen LogP contribution in [0.25, 0.3) is 11.3 Å². The monoisotopic (exact) mass is 750 g/mol. The highest BCUT2D eigenvalue weighted by atomic mass is 16.7. The van der Waals surface area contributed by atoms with E-state index >= 15 is 0 Å². The van der Waals surface area contributed by atoms with Crippen molar-refractivity contribution in [3.8, 4) is 17.1 Å². The first kappa shape index (κ1) is 42.7. The smallest absolute Gasteiger partial charge is 0.328 e. The van der Waals surface area contributed by atoms with Gasteiger partial charge in [0.05, 0.1) is 45.9 Å². The fraction of sp³-hybridized carbons (Fsp3) is 0.436. The van der Waals surface area contributed by atoms with Crippen molar-refractivity contribution in [1.82, 2.24) is 21.0 Å². The van der Waals surface area contributed by atoms with Crippen molar-refractivity contribution in [3.63, 3.8) is 0 Å². The molecular weight excluding hydrogens is 700 g/mol. The fourth-order valence-corrected chi connectivity index (χ4v) is 5.68. The van der Waals surface area contributed by atoms with Gasteiger partial charge >= 0.3 is 11.9 Å². The Kier molecular flexibility index (Phi) is 17.7. The summed E-state index contributed by atoms with van der Waals surface area (Å²) in [7, 11) is 2.29. The SMILES string of the molecule is CCCCC[C@@H](C(=O)NCNC(=O)c1ccc(-c2cc(OCC)cc(C(=O)N[C@H](CC(=O)OC)C(=O)OC)c2)o1)[C@@H](CC)N(C=O)OCc1ccccc1. The minimum atomic E-state index is -1.30. The van der Waals surface area contributed by atoms with Crippen LogP contribution in [0.1, 0.15) is 85.8 Å². The van der Waals surface area contributed by atoms with Crippen molar-refractivity contribution in [2.45, 2.75) is 78.0 Å². The largest absolute Gasteiger partial charge is 0.494 e. The normalized spacial score (nSPS) is 12.4. The average Bonchev–Trinajstić information content (AvgIpc) is 3.69. The molecule has 3 aromatic rings. The minimum Gasteiger partial charge on any atom is -0.494 e. The maximum absolute atomic E-state index is 13.5. The third-order valence-corrected chi connectivity index (χ3v) is 8.49. The van der Waals surface area contributed by atoms with Gasteiger partial charge in [0.15, 0.2) is 5.76 Å². The van der Waals surface area contributed by atoms with Crippen LogP contribution in [0, 0.1) is 5.92 Å². The van der Waals surface area contributed by atoms with Gasteiger partial charge in [0.25, 0.3) is 11.8 Å². The van der Waals surface area contributed by atoms with Crippen LogP contribution in [0.5, 0.6) is 5.75 Å². The van der Waals surface area contributed by atoms with E-state index in [4.69, 9.17) is 18.7 Å². The lowest BCUT2D eigenvalue weighted by atomic mass is 9.90. The molecule has 0 saturated heterocycles. The molecule has 0 spiro atoms. The topological polar surface area (TPSA) is 192 Å². The van der Waals surface area contributed by atoms with Crippen molar-refractivity contribution < 1.29 is 52.2 Å². The predicted octanol–water partition coefficient (Wildman–Crippen LogP) is 4.55. The predicted molar refractivity (Wildman–Crippen MR) is 197 cm³/mol. The molecule has 0 fully saturated rings. The number of carbonyl (C=O) groups excluding carboxylic acids is 6. The zero-order valence-electron chi connectivity index (χ0n) is 31.4. The number of furan rings is 1. The third-order valence-electron chi connectivity index (χ3n) is 8.49. The van der Waals surface area contributed by atoms with Gasteiger partial charge in [-0.05, 0) is 55.7 Å². The van der Waals surface area contributed by atoms with Gasteiger partial charge in [0, 0.05) is 11.1 Å². The summed E-state index contributed by atoms with van der Waals surface area (Å²) >= 11 is 0. The minimum absolute atomic E-state index is 0.0664. The zero-order chi connectivity index (χ0) is 39.5. The molecule has 1 aromatic heterocycles. The van der Waals surface area contributed by atoms with Crippen LogP contribution in [0.4, 0.5) is 0 Å². The molecule has 15 heteroatoms. The Hall–Kier alpha value is -5.70. The van der Waals surface area contributed by atoms with Gasteiger partial charge in [-0.15, -0.1) is 0 Å². The molecule has 0 bridgehead atoms. The van der Waals surface area contributed by atoms with E-state index in [1.807, 2.05) is 37.3 Å². The van der Waals surface area contributed by atoms with E-state index in [0.29, 0.717) is 30.6 Å². The molecule has 54 heavy (non-hydrogen) atoms. The number of nitrogens with one attached hydrogen (secondary N) is 3. The molecule has 292 valence electrons. The van der Waals surface area contributed by atoms with Gasteiger partial charge in [-0.1, -0.05) is 63.4 Å². The number of ether oxygens (including phenoxy) is 3. The molecule has 0 aliphatic heterocycles. The second kappa shape index (κ2) is 22.4. The summed E-state index contributed by atoms with van der Waals surface area (Å²) in [5, 5.41) is 9.09. The number of nitrogens with zero attached hydrogens (tertiary/aromatic N) is 1.